The molecule has 0 saturated carbocycles. The number of carbonyl (C=O) groups is 1. The molecule has 0 bridgehead atoms. The van der Waals surface area contributed by atoms with Crippen LogP contribution in [0.15, 0.2) is 34.7 Å². The van der Waals surface area contributed by atoms with Crippen molar-refractivity contribution in [2.45, 2.75) is 23.8 Å². The maximum atomic E-state index is 12.4. The van der Waals surface area contributed by atoms with Crippen molar-refractivity contribution in [3.05, 3.63) is 39.8 Å². The van der Waals surface area contributed by atoms with Crippen molar-refractivity contribution in [3.63, 3.8) is 0 Å². The van der Waals surface area contributed by atoms with Crippen LogP contribution in [0.25, 0.3) is 0 Å². The molecule has 0 spiro atoms. The first-order valence-electron chi connectivity index (χ1n) is 8.14. The van der Waals surface area contributed by atoms with Gasteiger partial charge in [0.2, 0.25) is 15.9 Å². The van der Waals surface area contributed by atoms with Crippen LogP contribution in [0.4, 0.5) is 0 Å². The van der Waals surface area contributed by atoms with Crippen molar-refractivity contribution in [2.75, 3.05) is 19.6 Å². The van der Waals surface area contributed by atoms with Gasteiger partial charge in [-0.05, 0) is 12.1 Å². The van der Waals surface area contributed by atoms with Crippen molar-refractivity contribution < 1.29 is 17.9 Å². The van der Waals surface area contributed by atoms with E-state index in [1.54, 1.807) is 17.2 Å². The standard InChI is InChI=1S/C16H17Cl2N3O4S2/c17-12-2-1-3-13(18)15(12)27(23,24)20-6-4-14(22)21-8-5-11(10-21)25-16-19-7-9-26-16/h1-3,7,9,11,20H,4-6,8,10H2. The lowest BCUT2D eigenvalue weighted by molar-refractivity contribution is -0.130. The predicted octanol–water partition coefficient (Wildman–Crippen LogP) is 2.80. The Balaban J connectivity index is 1.49. The normalized spacial score (nSPS) is 17.3. The number of ether oxygens (including phenoxy) is 1. The Kier molecular flexibility index (Phi) is 6.59. The second-order valence-electron chi connectivity index (χ2n) is 5.86. The highest BCUT2D eigenvalue weighted by Gasteiger charge is 2.28. The Hall–Kier alpha value is -1.39. The summed E-state index contributed by atoms with van der Waals surface area (Å²) in [5.74, 6) is -0.145. The zero-order valence-electron chi connectivity index (χ0n) is 14.1. The van der Waals surface area contributed by atoms with E-state index in [4.69, 9.17) is 27.9 Å². The largest absolute Gasteiger partial charge is 0.465 e. The van der Waals surface area contributed by atoms with E-state index in [1.165, 1.54) is 23.5 Å². The van der Waals surface area contributed by atoms with Crippen molar-refractivity contribution in [3.8, 4) is 5.19 Å². The molecule has 11 heteroatoms. The first-order chi connectivity index (χ1) is 12.9. The molecule has 0 aliphatic carbocycles. The Morgan fingerprint density at radius 3 is 2.78 bits per heavy atom. The molecular formula is C16H17Cl2N3O4S2. The fourth-order valence-electron chi connectivity index (χ4n) is 2.72. The molecule has 3 rings (SSSR count). The summed E-state index contributed by atoms with van der Waals surface area (Å²) in [4.78, 5) is 17.9. The second kappa shape index (κ2) is 8.74. The van der Waals surface area contributed by atoms with E-state index in [2.05, 4.69) is 9.71 Å². The minimum Gasteiger partial charge on any atom is -0.465 e. The van der Waals surface area contributed by atoms with Crippen molar-refractivity contribution in [1.29, 1.82) is 0 Å². The maximum absolute atomic E-state index is 12.4. The van der Waals surface area contributed by atoms with E-state index < -0.39 is 10.0 Å². The van der Waals surface area contributed by atoms with E-state index in [1.807, 2.05) is 5.38 Å². The molecule has 146 valence electrons. The van der Waals surface area contributed by atoms with Gasteiger partial charge in [-0.1, -0.05) is 40.6 Å². The first-order valence-corrected chi connectivity index (χ1v) is 11.3. The van der Waals surface area contributed by atoms with Crippen LogP contribution in [-0.2, 0) is 14.8 Å². The molecule has 1 fully saturated rings. The monoisotopic (exact) mass is 449 g/mol. The smallest absolute Gasteiger partial charge is 0.273 e. The number of nitrogens with one attached hydrogen (secondary N) is 1. The van der Waals surface area contributed by atoms with Gasteiger partial charge >= 0.3 is 0 Å². The minimum atomic E-state index is -3.90. The molecule has 1 saturated heterocycles. The average Bonchev–Trinajstić information content (AvgIpc) is 3.26. The highest BCUT2D eigenvalue weighted by molar-refractivity contribution is 7.89. The van der Waals surface area contributed by atoms with Gasteiger partial charge in [-0.15, -0.1) is 0 Å². The molecule has 1 aromatic heterocycles. The highest BCUT2D eigenvalue weighted by Crippen LogP contribution is 2.28. The molecule has 1 aliphatic heterocycles. The molecular weight excluding hydrogens is 433 g/mol. The number of halogens is 2. The predicted molar refractivity (Wildman–Crippen MR) is 104 cm³/mol. The molecule has 1 aliphatic rings. The highest BCUT2D eigenvalue weighted by atomic mass is 35.5. The van der Waals surface area contributed by atoms with Gasteiger partial charge in [-0.25, -0.2) is 18.1 Å². The number of hydrogen-bond acceptors (Lipinski definition) is 6. The van der Waals surface area contributed by atoms with Crippen LogP contribution in [0.1, 0.15) is 12.8 Å². The van der Waals surface area contributed by atoms with Crippen molar-refractivity contribution >= 4 is 50.5 Å². The molecule has 1 N–H and O–H groups in total. The Morgan fingerprint density at radius 1 is 1.37 bits per heavy atom. The Morgan fingerprint density at radius 2 is 2.11 bits per heavy atom. The summed E-state index contributed by atoms with van der Waals surface area (Å²) < 4.78 is 32.8. The summed E-state index contributed by atoms with van der Waals surface area (Å²) in [6.45, 7) is 0.983. The number of benzene rings is 1. The fourth-order valence-corrected chi connectivity index (χ4v) is 5.45. The van der Waals surface area contributed by atoms with E-state index in [-0.39, 0.29) is 39.9 Å². The first kappa shape index (κ1) is 20.3. The van der Waals surface area contributed by atoms with E-state index in [0.29, 0.717) is 24.7 Å². The van der Waals surface area contributed by atoms with Gasteiger partial charge < -0.3 is 9.64 Å². The van der Waals surface area contributed by atoms with E-state index >= 15 is 0 Å². The Bertz CT molecular complexity index is 886. The number of carbonyl (C=O) groups excluding carboxylic acids is 1. The van der Waals surface area contributed by atoms with Gasteiger partial charge in [0.05, 0.1) is 16.6 Å². The van der Waals surface area contributed by atoms with Crippen LogP contribution in [0.2, 0.25) is 10.0 Å². The van der Waals surface area contributed by atoms with Gasteiger partial charge in [0.25, 0.3) is 5.19 Å². The average molecular weight is 450 g/mol. The molecule has 27 heavy (non-hydrogen) atoms. The molecule has 7 nitrogen and oxygen atoms in total. The van der Waals surface area contributed by atoms with Crippen LogP contribution in [-0.4, -0.2) is 49.9 Å². The molecule has 2 heterocycles. The molecule has 1 aromatic carbocycles. The minimum absolute atomic E-state index is 0.0306. The lowest BCUT2D eigenvalue weighted by Gasteiger charge is -2.17. The second-order valence-corrected chi connectivity index (χ2v) is 9.24. The molecule has 2 aromatic rings. The van der Waals surface area contributed by atoms with Gasteiger partial charge in [-0.3, -0.25) is 4.79 Å². The number of hydrogen-bond donors (Lipinski definition) is 1. The number of nitrogens with zero attached hydrogens (tertiary/aromatic N) is 2. The summed E-state index contributed by atoms with van der Waals surface area (Å²) in [7, 11) is -3.90. The topological polar surface area (TPSA) is 88.6 Å². The Labute approximate surface area is 171 Å². The van der Waals surface area contributed by atoms with E-state index in [9.17, 15) is 13.2 Å². The lowest BCUT2D eigenvalue weighted by Crippen LogP contribution is -2.34. The van der Waals surface area contributed by atoms with Gasteiger partial charge in [0.15, 0.2) is 0 Å². The van der Waals surface area contributed by atoms with E-state index in [0.717, 1.165) is 0 Å². The summed E-state index contributed by atoms with van der Waals surface area (Å²) >= 11 is 13.3. The van der Waals surface area contributed by atoms with Crippen molar-refractivity contribution in [1.82, 2.24) is 14.6 Å². The van der Waals surface area contributed by atoms with Gasteiger partial charge in [0.1, 0.15) is 11.0 Å². The quantitative estimate of drug-likeness (QED) is 0.701. The fraction of sp³-hybridized carbons (Fsp3) is 0.375. The maximum Gasteiger partial charge on any atom is 0.273 e. The SMILES string of the molecule is O=C(CCNS(=O)(=O)c1c(Cl)cccc1Cl)N1CCC(Oc2nccs2)C1. The lowest BCUT2D eigenvalue weighted by atomic mass is 10.3. The molecule has 0 radical (unpaired) electrons. The third-order valence-electron chi connectivity index (χ3n) is 3.99. The van der Waals surface area contributed by atoms with Crippen LogP contribution in [0.3, 0.4) is 0 Å². The molecule has 1 amide bonds. The number of rotatable bonds is 7. The zero-order valence-corrected chi connectivity index (χ0v) is 17.2. The number of thiazole rings is 1. The van der Waals surface area contributed by atoms with Crippen LogP contribution >= 0.6 is 34.5 Å². The van der Waals surface area contributed by atoms with Crippen LogP contribution < -0.4 is 9.46 Å². The summed E-state index contributed by atoms with van der Waals surface area (Å²) in [6.07, 6.45) is 2.31. The van der Waals surface area contributed by atoms with Crippen LogP contribution in [0.5, 0.6) is 5.19 Å². The number of likely N-dealkylation sites (tertiary alicyclic amines) is 1. The number of sulfonamides is 1. The summed E-state index contributed by atoms with van der Waals surface area (Å²) in [6, 6.07) is 4.45. The van der Waals surface area contributed by atoms with Gasteiger partial charge in [0, 0.05) is 37.5 Å². The van der Waals surface area contributed by atoms with Crippen molar-refractivity contribution in [2.24, 2.45) is 0 Å². The van der Waals surface area contributed by atoms with Crippen LogP contribution in [0, 0.1) is 0 Å². The summed E-state index contributed by atoms with van der Waals surface area (Å²) in [5, 5.41) is 2.47. The zero-order chi connectivity index (χ0) is 19.4. The number of amides is 1. The molecule has 1 atom stereocenters. The van der Waals surface area contributed by atoms with Gasteiger partial charge in [-0.2, -0.15) is 0 Å². The third-order valence-corrected chi connectivity index (χ3v) is 7.07. The third kappa shape index (κ3) is 5.11. The number of aromatic nitrogens is 1. The molecule has 1 unspecified atom stereocenters. The summed E-state index contributed by atoms with van der Waals surface area (Å²) in [5.41, 5.74) is 0.